The van der Waals surface area contributed by atoms with E-state index < -0.39 is 10.0 Å². The van der Waals surface area contributed by atoms with Crippen molar-refractivity contribution in [3.05, 3.63) is 82.0 Å². The van der Waals surface area contributed by atoms with E-state index >= 15 is 0 Å². The predicted molar refractivity (Wildman–Crippen MR) is 123 cm³/mol. The molecule has 0 spiro atoms. The highest BCUT2D eigenvalue weighted by Crippen LogP contribution is 2.14. The van der Waals surface area contributed by atoms with E-state index in [2.05, 4.69) is 4.72 Å². The van der Waals surface area contributed by atoms with Gasteiger partial charge in [0.2, 0.25) is 10.0 Å². The number of benzene rings is 2. The fourth-order valence-corrected chi connectivity index (χ4v) is 4.69. The Labute approximate surface area is 187 Å². The third kappa shape index (κ3) is 6.65. The zero-order valence-electron chi connectivity index (χ0n) is 17.6. The number of rotatable bonds is 10. The van der Waals surface area contributed by atoms with E-state index in [4.69, 9.17) is 4.74 Å². The van der Waals surface area contributed by atoms with Crippen LogP contribution in [0.15, 0.2) is 70.9 Å². The molecule has 3 aromatic rings. The highest BCUT2D eigenvalue weighted by molar-refractivity contribution is 7.89. The molecule has 0 saturated carbocycles. The molecule has 3 rings (SSSR count). The number of nitrogens with one attached hydrogen (secondary N) is 1. The minimum absolute atomic E-state index is 0.140. The van der Waals surface area contributed by atoms with Gasteiger partial charge in [0.1, 0.15) is 12.4 Å². The number of carbonyl (C=O) groups is 1. The van der Waals surface area contributed by atoms with E-state index in [9.17, 15) is 13.2 Å². The molecule has 1 amide bonds. The lowest BCUT2D eigenvalue weighted by molar-refractivity contribution is 0.0773. The van der Waals surface area contributed by atoms with Gasteiger partial charge >= 0.3 is 0 Å². The number of hydrogen-bond donors (Lipinski definition) is 1. The lowest BCUT2D eigenvalue weighted by Crippen LogP contribution is -2.31. The van der Waals surface area contributed by atoms with Crippen molar-refractivity contribution in [2.45, 2.75) is 18.2 Å². The van der Waals surface area contributed by atoms with Crippen LogP contribution in [0.1, 0.15) is 20.8 Å². The summed E-state index contributed by atoms with van der Waals surface area (Å²) in [5.74, 6) is 0.574. The fourth-order valence-electron chi connectivity index (χ4n) is 2.95. The Kier molecular flexibility index (Phi) is 7.84. The van der Waals surface area contributed by atoms with Crippen molar-refractivity contribution in [3.8, 4) is 5.75 Å². The number of likely N-dealkylation sites (N-methyl/N-ethyl adjacent to an activating group) is 1. The standard InChI is InChI=1S/C23H26N2O4S2/c1-18-5-3-6-20(17-18)29-15-14-25(2)23(26)19-8-10-22(11-9-19)31(27,28)24-13-12-21-7-4-16-30-21/h3-11,16-17,24H,12-15H2,1-2H3. The molecule has 0 unspecified atom stereocenters. The number of aryl methyl sites for hydroxylation is 1. The molecule has 6 nitrogen and oxygen atoms in total. The number of sulfonamides is 1. The third-order valence-corrected chi connectivity index (χ3v) is 7.10. The fraction of sp³-hybridized carbons (Fsp3) is 0.261. The maximum Gasteiger partial charge on any atom is 0.253 e. The molecule has 31 heavy (non-hydrogen) atoms. The van der Waals surface area contributed by atoms with Crippen molar-refractivity contribution in [3.63, 3.8) is 0 Å². The quantitative estimate of drug-likeness (QED) is 0.502. The van der Waals surface area contributed by atoms with Crippen LogP contribution in [0.25, 0.3) is 0 Å². The van der Waals surface area contributed by atoms with Crippen LogP contribution in [0.5, 0.6) is 5.75 Å². The summed E-state index contributed by atoms with van der Waals surface area (Å²) >= 11 is 1.60. The predicted octanol–water partition coefficient (Wildman–Crippen LogP) is 3.73. The Morgan fingerprint density at radius 3 is 2.55 bits per heavy atom. The molecular weight excluding hydrogens is 432 g/mol. The van der Waals surface area contributed by atoms with Gasteiger partial charge < -0.3 is 9.64 Å². The first-order valence-electron chi connectivity index (χ1n) is 9.92. The highest BCUT2D eigenvalue weighted by atomic mass is 32.2. The average molecular weight is 459 g/mol. The number of nitrogens with zero attached hydrogens (tertiary/aromatic N) is 1. The molecule has 0 aliphatic heterocycles. The number of thiophene rings is 1. The van der Waals surface area contributed by atoms with Gasteiger partial charge in [-0.05, 0) is 66.8 Å². The second-order valence-electron chi connectivity index (χ2n) is 7.14. The average Bonchev–Trinajstić information content (AvgIpc) is 3.27. The van der Waals surface area contributed by atoms with Gasteiger partial charge in [0, 0.05) is 24.0 Å². The Morgan fingerprint density at radius 1 is 1.10 bits per heavy atom. The van der Waals surface area contributed by atoms with E-state index in [0.29, 0.717) is 31.7 Å². The maximum absolute atomic E-state index is 12.6. The molecule has 164 valence electrons. The van der Waals surface area contributed by atoms with Crippen LogP contribution in [0.3, 0.4) is 0 Å². The molecule has 1 N–H and O–H groups in total. The summed E-state index contributed by atoms with van der Waals surface area (Å²) in [6.45, 7) is 3.10. The van der Waals surface area contributed by atoms with Gasteiger partial charge in [0.05, 0.1) is 11.4 Å². The van der Waals surface area contributed by atoms with Crippen LogP contribution in [0.4, 0.5) is 0 Å². The van der Waals surface area contributed by atoms with Crippen molar-refractivity contribution in [1.29, 1.82) is 0 Å². The monoisotopic (exact) mass is 458 g/mol. The number of carbonyl (C=O) groups excluding carboxylic acids is 1. The summed E-state index contributed by atoms with van der Waals surface area (Å²) in [6.07, 6.45) is 0.642. The normalized spacial score (nSPS) is 11.3. The molecule has 8 heteroatoms. The van der Waals surface area contributed by atoms with E-state index in [1.807, 2.05) is 48.7 Å². The second-order valence-corrected chi connectivity index (χ2v) is 9.94. The molecule has 0 atom stereocenters. The Morgan fingerprint density at radius 2 is 1.87 bits per heavy atom. The Bertz CT molecular complexity index is 1090. The zero-order valence-corrected chi connectivity index (χ0v) is 19.2. The summed E-state index contributed by atoms with van der Waals surface area (Å²) in [7, 11) is -1.92. The maximum atomic E-state index is 12.6. The van der Waals surface area contributed by atoms with E-state index in [1.54, 1.807) is 23.3 Å². The van der Waals surface area contributed by atoms with Gasteiger partial charge in [-0.15, -0.1) is 11.3 Å². The SMILES string of the molecule is Cc1cccc(OCCN(C)C(=O)c2ccc(S(=O)(=O)NCCc3cccs3)cc2)c1. The molecule has 1 aromatic heterocycles. The molecule has 0 radical (unpaired) electrons. The Balaban J connectivity index is 1.51. The van der Waals surface area contributed by atoms with Crippen molar-refractivity contribution in [1.82, 2.24) is 9.62 Å². The molecule has 0 bridgehead atoms. The van der Waals surface area contributed by atoms with Gasteiger partial charge in [-0.3, -0.25) is 4.79 Å². The van der Waals surface area contributed by atoms with Crippen LogP contribution < -0.4 is 9.46 Å². The minimum atomic E-state index is -3.61. The molecular formula is C23H26N2O4S2. The summed E-state index contributed by atoms with van der Waals surface area (Å²) in [6, 6.07) is 17.6. The van der Waals surface area contributed by atoms with E-state index in [-0.39, 0.29) is 10.8 Å². The minimum Gasteiger partial charge on any atom is -0.492 e. The molecule has 0 saturated heterocycles. The first kappa shape index (κ1) is 23.0. The van der Waals surface area contributed by atoms with Gasteiger partial charge in [0.15, 0.2) is 0 Å². The lowest BCUT2D eigenvalue weighted by atomic mass is 10.2. The third-order valence-electron chi connectivity index (χ3n) is 4.69. The summed E-state index contributed by atoms with van der Waals surface area (Å²) in [5, 5.41) is 1.96. The zero-order chi connectivity index (χ0) is 22.3. The first-order chi connectivity index (χ1) is 14.8. The molecule has 1 heterocycles. The van der Waals surface area contributed by atoms with Crippen molar-refractivity contribution in [2.24, 2.45) is 0 Å². The lowest BCUT2D eigenvalue weighted by Gasteiger charge is -2.18. The van der Waals surface area contributed by atoms with Crippen molar-refractivity contribution < 1.29 is 17.9 Å². The summed E-state index contributed by atoms with van der Waals surface area (Å²) in [4.78, 5) is 15.4. The van der Waals surface area contributed by atoms with Crippen LogP contribution in [-0.4, -0.2) is 46.0 Å². The van der Waals surface area contributed by atoms with Crippen LogP contribution in [-0.2, 0) is 16.4 Å². The Hall–Kier alpha value is -2.68. The topological polar surface area (TPSA) is 75.7 Å². The molecule has 0 fully saturated rings. The van der Waals surface area contributed by atoms with Crippen LogP contribution in [0.2, 0.25) is 0 Å². The highest BCUT2D eigenvalue weighted by Gasteiger charge is 2.16. The van der Waals surface area contributed by atoms with Gasteiger partial charge in [-0.1, -0.05) is 18.2 Å². The largest absolute Gasteiger partial charge is 0.492 e. The second kappa shape index (κ2) is 10.6. The number of hydrogen-bond acceptors (Lipinski definition) is 5. The van der Waals surface area contributed by atoms with Gasteiger partial charge in [0.25, 0.3) is 5.91 Å². The number of amides is 1. The summed E-state index contributed by atoms with van der Waals surface area (Å²) in [5.41, 5.74) is 1.54. The van der Waals surface area contributed by atoms with E-state index in [0.717, 1.165) is 16.2 Å². The van der Waals surface area contributed by atoms with E-state index in [1.165, 1.54) is 24.3 Å². The van der Waals surface area contributed by atoms with Crippen molar-refractivity contribution in [2.75, 3.05) is 26.7 Å². The van der Waals surface area contributed by atoms with Gasteiger partial charge in [-0.25, -0.2) is 13.1 Å². The molecule has 2 aromatic carbocycles. The summed E-state index contributed by atoms with van der Waals surface area (Å²) < 4.78 is 33.2. The number of ether oxygens (including phenoxy) is 1. The molecule has 0 aliphatic rings. The van der Waals surface area contributed by atoms with Crippen molar-refractivity contribution >= 4 is 27.3 Å². The smallest absolute Gasteiger partial charge is 0.253 e. The molecule has 0 aliphatic carbocycles. The van der Waals surface area contributed by atoms with Crippen LogP contribution in [0, 0.1) is 6.92 Å². The van der Waals surface area contributed by atoms with Crippen LogP contribution >= 0.6 is 11.3 Å². The van der Waals surface area contributed by atoms with Gasteiger partial charge in [-0.2, -0.15) is 0 Å². The first-order valence-corrected chi connectivity index (χ1v) is 12.3.